The summed E-state index contributed by atoms with van der Waals surface area (Å²) < 4.78 is 0. The van der Waals surface area contributed by atoms with Gasteiger partial charge in [-0.05, 0) is 23.8 Å². The first kappa shape index (κ1) is 17.0. The van der Waals surface area contributed by atoms with Crippen molar-refractivity contribution in [3.63, 3.8) is 0 Å². The van der Waals surface area contributed by atoms with Gasteiger partial charge in [0, 0.05) is 25.6 Å². The van der Waals surface area contributed by atoms with Crippen LogP contribution < -0.4 is 5.32 Å². The fraction of sp³-hybridized carbons (Fsp3) is 0.600. The smallest absolute Gasteiger partial charge is 0.225 e. The molecule has 2 aliphatic rings. The lowest BCUT2D eigenvalue weighted by atomic mass is 9.77. The largest absolute Gasteiger partial charge is 0.352 e. The first-order valence-electron chi connectivity index (χ1n) is 9.17. The molecule has 0 radical (unpaired) electrons. The summed E-state index contributed by atoms with van der Waals surface area (Å²) in [7, 11) is 0. The number of hydrogen-bond acceptors (Lipinski definition) is 2. The van der Waals surface area contributed by atoms with Crippen LogP contribution >= 0.6 is 0 Å². The van der Waals surface area contributed by atoms with E-state index in [1.165, 1.54) is 12.8 Å². The van der Waals surface area contributed by atoms with Crippen LogP contribution in [0.3, 0.4) is 0 Å². The van der Waals surface area contributed by atoms with Crippen molar-refractivity contribution in [3.8, 4) is 0 Å². The lowest BCUT2D eigenvalue weighted by Gasteiger charge is -2.40. The first-order chi connectivity index (χ1) is 11.6. The molecule has 1 aromatic carbocycles. The number of nitrogens with one attached hydrogen (secondary N) is 1. The number of likely N-dealkylation sites (tertiary alicyclic amines) is 1. The predicted octanol–water partition coefficient (Wildman–Crippen LogP) is 2.98. The molecule has 1 aliphatic carbocycles. The molecule has 1 heterocycles. The van der Waals surface area contributed by atoms with Crippen molar-refractivity contribution < 1.29 is 9.59 Å². The molecule has 24 heavy (non-hydrogen) atoms. The Morgan fingerprint density at radius 3 is 2.71 bits per heavy atom. The van der Waals surface area contributed by atoms with Gasteiger partial charge in [0.2, 0.25) is 11.8 Å². The third-order valence-electron chi connectivity index (χ3n) is 5.90. The van der Waals surface area contributed by atoms with E-state index >= 15 is 0 Å². The van der Waals surface area contributed by atoms with Crippen LogP contribution in [0.2, 0.25) is 0 Å². The maximum Gasteiger partial charge on any atom is 0.225 e. The molecule has 4 nitrogen and oxygen atoms in total. The molecule has 1 aliphatic heterocycles. The maximum absolute atomic E-state index is 12.5. The monoisotopic (exact) mass is 328 g/mol. The first-order valence-corrected chi connectivity index (χ1v) is 9.17. The van der Waals surface area contributed by atoms with E-state index in [0.717, 1.165) is 12.0 Å². The second kappa shape index (κ2) is 7.37. The molecular formula is C20H28N2O2. The van der Waals surface area contributed by atoms with E-state index in [1.807, 2.05) is 35.2 Å². The van der Waals surface area contributed by atoms with Crippen molar-refractivity contribution >= 4 is 11.8 Å². The van der Waals surface area contributed by atoms with Gasteiger partial charge in [-0.3, -0.25) is 9.59 Å². The Morgan fingerprint density at radius 1 is 1.21 bits per heavy atom. The highest BCUT2D eigenvalue weighted by atomic mass is 16.2. The number of amides is 2. The molecule has 4 atom stereocenters. The lowest BCUT2D eigenvalue weighted by molar-refractivity contribution is -0.132. The highest BCUT2D eigenvalue weighted by Crippen LogP contribution is 2.35. The van der Waals surface area contributed by atoms with E-state index in [2.05, 4.69) is 19.2 Å². The second-order valence-electron chi connectivity index (χ2n) is 7.49. The van der Waals surface area contributed by atoms with Gasteiger partial charge in [0.25, 0.3) is 0 Å². The van der Waals surface area contributed by atoms with Gasteiger partial charge < -0.3 is 10.2 Å². The summed E-state index contributed by atoms with van der Waals surface area (Å²) in [5.41, 5.74) is 1.08. The number of nitrogens with zero attached hydrogens (tertiary/aromatic N) is 1. The standard InChI is InChI=1S/C20H28N2O2/c1-14-7-6-10-18(15(14)2)22-13-17(11-19(22)23)20(24)21-12-16-8-4-3-5-9-16/h3-5,8-9,14-15,17-18H,6-7,10-13H2,1-2H3,(H,21,24)/t14-,15+,17+,18-/m0/s1. The number of benzene rings is 1. The summed E-state index contributed by atoms with van der Waals surface area (Å²) in [6.45, 7) is 5.65. The van der Waals surface area contributed by atoms with Crippen LogP contribution in [0.5, 0.6) is 0 Å². The van der Waals surface area contributed by atoms with Gasteiger partial charge in [-0.25, -0.2) is 0 Å². The van der Waals surface area contributed by atoms with Crippen LogP contribution in [0.4, 0.5) is 0 Å². The van der Waals surface area contributed by atoms with Crippen LogP contribution in [0.25, 0.3) is 0 Å². The summed E-state index contributed by atoms with van der Waals surface area (Å²) in [6, 6.07) is 10.2. The molecule has 130 valence electrons. The Labute approximate surface area is 144 Å². The number of rotatable bonds is 4. The molecule has 0 spiro atoms. The summed E-state index contributed by atoms with van der Waals surface area (Å²) in [4.78, 5) is 26.9. The van der Waals surface area contributed by atoms with E-state index in [9.17, 15) is 9.59 Å². The topological polar surface area (TPSA) is 49.4 Å². The van der Waals surface area contributed by atoms with Gasteiger partial charge in [0.15, 0.2) is 0 Å². The van der Waals surface area contributed by atoms with Gasteiger partial charge in [-0.2, -0.15) is 0 Å². The Bertz CT molecular complexity index is 587. The van der Waals surface area contributed by atoms with Crippen molar-refractivity contribution in [2.75, 3.05) is 6.54 Å². The zero-order valence-corrected chi connectivity index (χ0v) is 14.7. The Hall–Kier alpha value is -1.84. The number of carbonyl (C=O) groups excluding carboxylic acids is 2. The van der Waals surface area contributed by atoms with Gasteiger partial charge in [0.1, 0.15) is 0 Å². The molecule has 0 aromatic heterocycles. The quantitative estimate of drug-likeness (QED) is 0.924. The highest BCUT2D eigenvalue weighted by molar-refractivity contribution is 5.89. The van der Waals surface area contributed by atoms with Gasteiger partial charge >= 0.3 is 0 Å². The number of carbonyl (C=O) groups is 2. The van der Waals surface area contributed by atoms with E-state index in [4.69, 9.17) is 0 Å². The third-order valence-corrected chi connectivity index (χ3v) is 5.90. The van der Waals surface area contributed by atoms with Gasteiger partial charge in [-0.15, -0.1) is 0 Å². The molecule has 0 unspecified atom stereocenters. The number of hydrogen-bond donors (Lipinski definition) is 1. The minimum absolute atomic E-state index is 0.00575. The Morgan fingerprint density at radius 2 is 1.96 bits per heavy atom. The fourth-order valence-corrected chi connectivity index (χ4v) is 4.15. The van der Waals surface area contributed by atoms with E-state index < -0.39 is 0 Å². The average molecular weight is 328 g/mol. The average Bonchev–Trinajstić information content (AvgIpc) is 2.98. The van der Waals surface area contributed by atoms with E-state index in [-0.39, 0.29) is 17.7 Å². The van der Waals surface area contributed by atoms with Crippen molar-refractivity contribution in [2.24, 2.45) is 17.8 Å². The molecule has 0 bridgehead atoms. The van der Waals surface area contributed by atoms with Crippen molar-refractivity contribution in [3.05, 3.63) is 35.9 Å². The lowest BCUT2D eigenvalue weighted by Crippen LogP contribution is -2.45. The molecule has 1 aromatic rings. The SMILES string of the molecule is C[C@@H]1[C@@H](C)CCC[C@@H]1N1C[C@H](C(=O)NCc2ccccc2)CC1=O. The predicted molar refractivity (Wildman–Crippen MR) is 94.1 cm³/mol. The van der Waals surface area contributed by atoms with Crippen LogP contribution in [-0.2, 0) is 16.1 Å². The summed E-state index contributed by atoms with van der Waals surface area (Å²) in [5, 5.41) is 2.99. The van der Waals surface area contributed by atoms with Crippen molar-refractivity contribution in [1.82, 2.24) is 10.2 Å². The maximum atomic E-state index is 12.5. The molecule has 1 saturated carbocycles. The third kappa shape index (κ3) is 3.63. The highest BCUT2D eigenvalue weighted by Gasteiger charge is 2.41. The summed E-state index contributed by atoms with van der Waals surface area (Å²) in [5.74, 6) is 1.13. The molecule has 2 amide bonds. The zero-order chi connectivity index (χ0) is 17.1. The summed E-state index contributed by atoms with van der Waals surface area (Å²) >= 11 is 0. The molecule has 1 saturated heterocycles. The Balaban J connectivity index is 1.57. The molecule has 4 heteroatoms. The minimum Gasteiger partial charge on any atom is -0.352 e. The zero-order valence-electron chi connectivity index (χ0n) is 14.7. The molecule has 2 fully saturated rings. The molecule has 3 rings (SSSR count). The molecule has 1 N–H and O–H groups in total. The minimum atomic E-state index is -0.203. The van der Waals surface area contributed by atoms with Gasteiger partial charge in [-0.1, -0.05) is 57.0 Å². The fourth-order valence-electron chi connectivity index (χ4n) is 4.15. The van der Waals surface area contributed by atoms with Crippen LogP contribution in [0.15, 0.2) is 30.3 Å². The second-order valence-corrected chi connectivity index (χ2v) is 7.49. The van der Waals surface area contributed by atoms with Crippen molar-refractivity contribution in [2.45, 2.75) is 52.1 Å². The van der Waals surface area contributed by atoms with Gasteiger partial charge in [0.05, 0.1) is 5.92 Å². The van der Waals surface area contributed by atoms with Crippen molar-refractivity contribution in [1.29, 1.82) is 0 Å². The van der Waals surface area contributed by atoms with Crippen LogP contribution in [0, 0.1) is 17.8 Å². The van der Waals surface area contributed by atoms with E-state index in [0.29, 0.717) is 37.4 Å². The summed E-state index contributed by atoms with van der Waals surface area (Å²) in [6.07, 6.45) is 3.87. The van der Waals surface area contributed by atoms with Crippen LogP contribution in [0.1, 0.15) is 45.1 Å². The van der Waals surface area contributed by atoms with Crippen LogP contribution in [-0.4, -0.2) is 29.3 Å². The van der Waals surface area contributed by atoms with E-state index in [1.54, 1.807) is 0 Å². The normalized spacial score (nSPS) is 30.4. The Kier molecular flexibility index (Phi) is 5.22. The molecular weight excluding hydrogens is 300 g/mol.